The lowest BCUT2D eigenvalue weighted by molar-refractivity contribution is -0.152. The summed E-state index contributed by atoms with van der Waals surface area (Å²) in [5.41, 5.74) is 0.588. The summed E-state index contributed by atoms with van der Waals surface area (Å²) in [5, 5.41) is 9.75. The van der Waals surface area contributed by atoms with Crippen LogP contribution in [0.25, 0.3) is 0 Å². The van der Waals surface area contributed by atoms with Crippen molar-refractivity contribution in [1.82, 2.24) is 4.90 Å². The highest BCUT2D eigenvalue weighted by molar-refractivity contribution is 8.02. The Morgan fingerprint density at radius 2 is 1.91 bits per heavy atom. The number of esters is 1. The van der Waals surface area contributed by atoms with Gasteiger partial charge in [0.25, 0.3) is 5.91 Å². The number of aliphatic hydroxyl groups is 1. The molecule has 4 aliphatic heterocycles. The van der Waals surface area contributed by atoms with Crippen LogP contribution in [-0.2, 0) is 19.1 Å². The molecule has 1 N–H and O–H groups in total. The van der Waals surface area contributed by atoms with Gasteiger partial charge in [0.1, 0.15) is 12.6 Å². The molecule has 2 saturated heterocycles. The van der Waals surface area contributed by atoms with Gasteiger partial charge in [0.05, 0.1) is 27.3 Å². The van der Waals surface area contributed by atoms with Crippen molar-refractivity contribution in [3.8, 4) is 0 Å². The second-order valence-corrected chi connectivity index (χ2v) is 11.5. The van der Waals surface area contributed by atoms with E-state index in [1.165, 1.54) is 11.8 Å². The maximum Gasteiger partial charge on any atom is 0.311 e. The summed E-state index contributed by atoms with van der Waals surface area (Å²) in [5.74, 6) is -2.25. The lowest BCUT2D eigenvalue weighted by Crippen LogP contribution is -2.53. The van der Waals surface area contributed by atoms with Crippen molar-refractivity contribution in [1.29, 1.82) is 0 Å². The Labute approximate surface area is 207 Å². The van der Waals surface area contributed by atoms with Gasteiger partial charge in [0.2, 0.25) is 5.91 Å². The number of fused-ring (bicyclic) bond motifs is 2. The second kappa shape index (κ2) is 8.73. The van der Waals surface area contributed by atoms with Gasteiger partial charge in [-0.25, -0.2) is 0 Å². The van der Waals surface area contributed by atoms with Crippen LogP contribution in [0, 0.1) is 11.8 Å². The number of benzene rings is 1. The maximum atomic E-state index is 14.2. The molecule has 180 valence electrons. The molecular formula is C25H27ClN2O5S. The molecule has 4 heterocycles. The first kappa shape index (κ1) is 23.5. The molecule has 4 aliphatic rings. The highest BCUT2D eigenvalue weighted by Crippen LogP contribution is 2.65. The number of likely N-dealkylation sites (tertiary alicyclic amines) is 1. The van der Waals surface area contributed by atoms with Crippen LogP contribution in [0.5, 0.6) is 0 Å². The van der Waals surface area contributed by atoms with Crippen LogP contribution in [0.1, 0.15) is 19.8 Å². The number of anilines is 1. The molecule has 0 radical (unpaired) electrons. The monoisotopic (exact) mass is 502 g/mol. The summed E-state index contributed by atoms with van der Waals surface area (Å²) in [6, 6.07) is 6.36. The standard InChI is InChI=1S/C25H27ClN2O5S/c1-24-10-7-15-33-23(32)19(24)18-21(30)28(12-4-5-14-29)20-22(31)27(13-6-11-25(18,20)34-24)17-9-3-2-8-16(17)26/h2-3,6-11,18-20,29H,4-5,12-15H2,1H3/t18-,19+,20?,24-,25-/m0/s1. The fourth-order valence-corrected chi connectivity index (χ4v) is 8.27. The molecule has 1 aromatic carbocycles. The summed E-state index contributed by atoms with van der Waals surface area (Å²) < 4.78 is 3.85. The number of rotatable bonds is 5. The van der Waals surface area contributed by atoms with E-state index in [2.05, 4.69) is 0 Å². The first-order valence-electron chi connectivity index (χ1n) is 11.5. The number of halogens is 1. The Bertz CT molecular complexity index is 1090. The summed E-state index contributed by atoms with van der Waals surface area (Å²) in [7, 11) is 0. The Morgan fingerprint density at radius 1 is 1.12 bits per heavy atom. The highest BCUT2D eigenvalue weighted by atomic mass is 35.5. The zero-order valence-electron chi connectivity index (χ0n) is 18.9. The molecule has 0 bridgehead atoms. The smallest absolute Gasteiger partial charge is 0.311 e. The lowest BCUT2D eigenvalue weighted by Gasteiger charge is -2.36. The van der Waals surface area contributed by atoms with E-state index in [1.807, 2.05) is 37.3 Å². The summed E-state index contributed by atoms with van der Waals surface area (Å²) in [4.78, 5) is 44.5. The number of nitrogens with zero attached hydrogens (tertiary/aromatic N) is 2. The number of unbranched alkanes of at least 4 members (excludes halogenated alkanes) is 1. The number of hydrogen-bond acceptors (Lipinski definition) is 6. The van der Waals surface area contributed by atoms with Gasteiger partial charge in [0.15, 0.2) is 0 Å². The van der Waals surface area contributed by atoms with Crippen LogP contribution in [0.3, 0.4) is 0 Å². The fraction of sp³-hybridized carbons (Fsp3) is 0.480. The number of carbonyl (C=O) groups excluding carboxylic acids is 3. The van der Waals surface area contributed by atoms with E-state index >= 15 is 0 Å². The molecule has 0 saturated carbocycles. The third kappa shape index (κ3) is 3.41. The van der Waals surface area contributed by atoms with Crippen LogP contribution in [0.15, 0.2) is 48.6 Å². The third-order valence-corrected chi connectivity index (χ3v) is 9.38. The largest absolute Gasteiger partial charge is 0.461 e. The first-order valence-corrected chi connectivity index (χ1v) is 12.7. The van der Waals surface area contributed by atoms with Gasteiger partial charge in [-0.1, -0.05) is 42.0 Å². The zero-order chi connectivity index (χ0) is 24.1. The van der Waals surface area contributed by atoms with Crippen molar-refractivity contribution in [3.05, 3.63) is 53.6 Å². The number of hydrogen-bond donors (Lipinski definition) is 1. The number of carbonyl (C=O) groups is 3. The number of para-hydroxylation sites is 1. The molecule has 5 rings (SSSR count). The molecule has 0 aromatic heterocycles. The van der Waals surface area contributed by atoms with Gasteiger partial charge in [0, 0.05) is 24.4 Å². The van der Waals surface area contributed by atoms with E-state index in [-0.39, 0.29) is 25.0 Å². The van der Waals surface area contributed by atoms with Crippen molar-refractivity contribution < 1.29 is 24.2 Å². The predicted molar refractivity (Wildman–Crippen MR) is 131 cm³/mol. The zero-order valence-corrected chi connectivity index (χ0v) is 20.4. The van der Waals surface area contributed by atoms with E-state index < -0.39 is 33.3 Å². The molecule has 1 spiro atoms. The van der Waals surface area contributed by atoms with E-state index in [0.717, 1.165) is 0 Å². The van der Waals surface area contributed by atoms with Gasteiger partial charge in [-0.3, -0.25) is 14.4 Å². The molecule has 2 fully saturated rings. The number of amides is 2. The Balaban J connectivity index is 1.63. The SMILES string of the molecule is C[C@]12C=CCOC(=O)[C@H]1[C@H]1C(=O)N(CCCCO)C3C(=O)N(c4ccccc4Cl)CC=C[C@@]31S2. The molecule has 2 amide bonds. The summed E-state index contributed by atoms with van der Waals surface area (Å²) >= 11 is 7.97. The van der Waals surface area contributed by atoms with Gasteiger partial charge in [-0.2, -0.15) is 0 Å². The molecule has 9 heteroatoms. The lowest BCUT2D eigenvalue weighted by atomic mass is 9.75. The molecule has 34 heavy (non-hydrogen) atoms. The second-order valence-electron chi connectivity index (χ2n) is 9.29. The van der Waals surface area contributed by atoms with E-state index in [1.54, 1.807) is 28.0 Å². The minimum atomic E-state index is -0.913. The van der Waals surface area contributed by atoms with Gasteiger partial charge in [-0.05, 0) is 38.0 Å². The Hall–Kier alpha value is -2.29. The van der Waals surface area contributed by atoms with E-state index in [0.29, 0.717) is 36.6 Å². The minimum absolute atomic E-state index is 0.00737. The predicted octanol–water partition coefficient (Wildman–Crippen LogP) is 2.82. The summed E-state index contributed by atoms with van der Waals surface area (Å²) in [6.45, 7) is 2.78. The molecular weight excluding hydrogens is 476 g/mol. The van der Waals surface area contributed by atoms with Gasteiger partial charge < -0.3 is 19.6 Å². The average molecular weight is 503 g/mol. The molecule has 0 aliphatic carbocycles. The number of cyclic esters (lactones) is 1. The van der Waals surface area contributed by atoms with Gasteiger partial charge >= 0.3 is 5.97 Å². The van der Waals surface area contributed by atoms with E-state index in [4.69, 9.17) is 16.3 Å². The summed E-state index contributed by atoms with van der Waals surface area (Å²) in [6.07, 6.45) is 8.73. The third-order valence-electron chi connectivity index (χ3n) is 7.26. The maximum absolute atomic E-state index is 14.2. The number of aliphatic hydroxyl groups excluding tert-OH is 1. The molecule has 5 atom stereocenters. The van der Waals surface area contributed by atoms with E-state index in [9.17, 15) is 19.5 Å². The van der Waals surface area contributed by atoms with Crippen LogP contribution in [0.4, 0.5) is 5.69 Å². The number of thioether (sulfide) groups is 1. The van der Waals surface area contributed by atoms with Gasteiger partial charge in [-0.15, -0.1) is 11.8 Å². The van der Waals surface area contributed by atoms with Crippen LogP contribution < -0.4 is 4.90 Å². The quantitative estimate of drug-likeness (QED) is 0.378. The van der Waals surface area contributed by atoms with Crippen LogP contribution >= 0.6 is 23.4 Å². The molecule has 7 nitrogen and oxygen atoms in total. The van der Waals surface area contributed by atoms with Crippen molar-refractivity contribution in [3.63, 3.8) is 0 Å². The molecule has 1 unspecified atom stereocenters. The van der Waals surface area contributed by atoms with Crippen molar-refractivity contribution in [2.75, 3.05) is 31.2 Å². The van der Waals surface area contributed by atoms with Crippen molar-refractivity contribution in [2.24, 2.45) is 11.8 Å². The van der Waals surface area contributed by atoms with Crippen molar-refractivity contribution >= 4 is 46.8 Å². The van der Waals surface area contributed by atoms with Crippen molar-refractivity contribution in [2.45, 2.75) is 35.3 Å². The van der Waals surface area contributed by atoms with Crippen LogP contribution in [0.2, 0.25) is 5.02 Å². The molecule has 1 aromatic rings. The minimum Gasteiger partial charge on any atom is -0.461 e. The topological polar surface area (TPSA) is 87.1 Å². The first-order chi connectivity index (χ1) is 16.3. The normalized spacial score (nSPS) is 34.4. The average Bonchev–Trinajstić information content (AvgIpc) is 3.05. The fourth-order valence-electron chi connectivity index (χ4n) is 5.88. The number of ether oxygens (including phenoxy) is 1. The Morgan fingerprint density at radius 3 is 2.68 bits per heavy atom. The Kier molecular flexibility index (Phi) is 6.02. The highest BCUT2D eigenvalue weighted by Gasteiger charge is 2.74. The van der Waals surface area contributed by atoms with Crippen LogP contribution in [-0.4, -0.2) is 69.6 Å².